The van der Waals surface area contributed by atoms with Crippen molar-refractivity contribution in [1.29, 1.82) is 0 Å². The van der Waals surface area contributed by atoms with Crippen LogP contribution in [-0.2, 0) is 37.9 Å². The molecule has 0 bridgehead atoms. The third kappa shape index (κ3) is 23.2. The minimum Gasteiger partial charge on any atom is -0.425 e. The summed E-state index contributed by atoms with van der Waals surface area (Å²) >= 11 is 0. The van der Waals surface area contributed by atoms with E-state index in [-0.39, 0.29) is 49.1 Å². The second-order valence-corrected chi connectivity index (χ2v) is 22.9. The smallest absolute Gasteiger partial charge is 0.425 e. The van der Waals surface area contributed by atoms with Gasteiger partial charge in [0.05, 0.1) is 5.69 Å². The van der Waals surface area contributed by atoms with Crippen LogP contribution in [0.3, 0.4) is 0 Å². The molecular weight excluding hydrogens is 895 g/mol. The van der Waals surface area contributed by atoms with Gasteiger partial charge in [0.2, 0.25) is 17.7 Å². The molecule has 0 aromatic carbocycles. The highest BCUT2D eigenvalue weighted by molar-refractivity contribution is 5.10. The number of tetrazole rings is 1. The first-order valence-electron chi connectivity index (χ1n) is 22.1. The van der Waals surface area contributed by atoms with Crippen molar-refractivity contribution in [2.24, 2.45) is 0 Å². The van der Waals surface area contributed by atoms with Gasteiger partial charge in [0.15, 0.2) is 23.3 Å². The van der Waals surface area contributed by atoms with Crippen LogP contribution in [0.4, 0.5) is 0 Å². The maximum absolute atomic E-state index is 10.7. The zero-order chi connectivity index (χ0) is 53.6. The third-order valence-electron chi connectivity index (χ3n) is 8.39. The van der Waals surface area contributed by atoms with Crippen LogP contribution in [0.25, 0.3) is 0 Å². The van der Waals surface area contributed by atoms with Crippen molar-refractivity contribution in [2.75, 3.05) is 0 Å². The lowest BCUT2D eigenvalue weighted by Gasteiger charge is -2.14. The average molecular weight is 972 g/mol. The molecule has 0 unspecified atom stereocenters. The molecule has 69 heavy (non-hydrogen) atoms. The van der Waals surface area contributed by atoms with Gasteiger partial charge in [0.1, 0.15) is 0 Å². The summed E-state index contributed by atoms with van der Waals surface area (Å²) in [6.45, 7) is 45.8. The lowest BCUT2D eigenvalue weighted by molar-refractivity contribution is 0.319. The number of hydrogen-bond acceptors (Lipinski definition) is 18. The van der Waals surface area contributed by atoms with Gasteiger partial charge in [-0.3, -0.25) is 28.9 Å². The Labute approximate surface area is 401 Å². The number of hydrogen-bond donors (Lipinski definition) is 6. The van der Waals surface area contributed by atoms with Crippen LogP contribution in [0, 0.1) is 13.8 Å². The van der Waals surface area contributed by atoms with Gasteiger partial charge in [-0.05, 0) is 6.92 Å². The summed E-state index contributed by atoms with van der Waals surface area (Å²) in [7, 11) is 0. The molecule has 0 spiro atoms. The number of nitrogens with zero attached hydrogens (tertiary/aromatic N) is 9. The first kappa shape index (κ1) is 60.3. The Morgan fingerprint density at radius 1 is 0.493 bits per heavy atom. The van der Waals surface area contributed by atoms with E-state index in [1.165, 1.54) is 6.07 Å². The average Bonchev–Trinajstić information content (AvgIpc) is 4.02. The molecule has 0 aliphatic carbocycles. The van der Waals surface area contributed by atoms with E-state index in [1.54, 1.807) is 13.0 Å². The Balaban J connectivity index is 0.000000403. The molecular formula is C45H77N15O9. The van der Waals surface area contributed by atoms with Crippen molar-refractivity contribution in [3.8, 4) is 0 Å². The lowest BCUT2D eigenvalue weighted by Crippen LogP contribution is -2.14. The molecule has 0 radical (unpaired) electrons. The lowest BCUT2D eigenvalue weighted by atomic mass is 9.93. The predicted octanol–water partition coefficient (Wildman–Crippen LogP) is 7.43. The zero-order valence-electron chi connectivity index (χ0n) is 44.9. The van der Waals surface area contributed by atoms with E-state index >= 15 is 0 Å². The Kier molecular flexibility index (Phi) is 21.0. The van der Waals surface area contributed by atoms with Gasteiger partial charge in [-0.2, -0.15) is 10.2 Å². The maximum Gasteiger partial charge on any atom is 0.438 e. The van der Waals surface area contributed by atoms with Crippen molar-refractivity contribution >= 4 is 0 Å². The van der Waals surface area contributed by atoms with Crippen LogP contribution in [0.5, 0.6) is 0 Å². The Morgan fingerprint density at radius 2 is 0.986 bits per heavy atom. The van der Waals surface area contributed by atoms with Gasteiger partial charge >= 0.3 is 17.1 Å². The standard InChI is InChI=1S/3C7H12N2O.C7H11NO2.2C6H10N2O2.C5H10N4/c1-7(2,3)5-4-6(10)9-8-5;1-5-8-9-6(10-5)7(2,3)4;1-5-8-6(10-9-5)7(2,3)4;1-7(2,3)5-4-6(9)10-8-5;2*1-6(2,3)4-7-5(9)10-8-4;1-5(2,3)4-6-8-9-7-4/h4H,1-3H3,(H2,8,9,10);2*1-4H3;4,8H,1-3H3;2*1-3H3,(H,7,8,9);1-3H3,(H,6,7,8,9). The fourth-order valence-electron chi connectivity index (χ4n) is 4.18. The van der Waals surface area contributed by atoms with Gasteiger partial charge in [-0.1, -0.05) is 166 Å². The Hall–Kier alpha value is -6.75. The SMILES string of the molecule is CC(C)(C)c1cc(=O)[nH][nH]1.CC(C)(C)c1cc(=O)o[nH]1.CC(C)(C)c1nn[nH]n1.CC(C)(C)c1noc(=O)[nH]1.CC(C)(C)c1noc(=O)[nH]1.Cc1nnc(C(C)(C)C)o1.Cc1noc(C(C)(C)C)n1. The van der Waals surface area contributed by atoms with E-state index < -0.39 is 11.5 Å². The van der Waals surface area contributed by atoms with Crippen molar-refractivity contribution in [2.45, 2.75) is 197 Å². The van der Waals surface area contributed by atoms with E-state index in [0.717, 1.165) is 17.2 Å². The Morgan fingerprint density at radius 3 is 1.16 bits per heavy atom. The second kappa shape index (κ2) is 24.0. The van der Waals surface area contributed by atoms with Crippen LogP contribution in [0.2, 0.25) is 0 Å². The van der Waals surface area contributed by atoms with E-state index in [1.807, 2.05) is 152 Å². The quantitative estimate of drug-likeness (QED) is 0.0859. The second-order valence-electron chi connectivity index (χ2n) is 22.9. The van der Waals surface area contributed by atoms with Gasteiger partial charge < -0.3 is 18.6 Å². The van der Waals surface area contributed by atoms with Gasteiger partial charge in [0.25, 0.3) is 5.56 Å². The third-order valence-corrected chi connectivity index (χ3v) is 8.39. The molecule has 0 aliphatic heterocycles. The van der Waals surface area contributed by atoms with Crippen LogP contribution >= 0.6 is 0 Å². The van der Waals surface area contributed by atoms with Crippen LogP contribution < -0.4 is 22.7 Å². The number of aromatic nitrogens is 15. The molecule has 24 heteroatoms. The minimum absolute atomic E-state index is 0.00694. The highest BCUT2D eigenvalue weighted by Crippen LogP contribution is 2.22. The molecule has 0 saturated carbocycles. The normalized spacial score (nSPS) is 11.9. The predicted molar refractivity (Wildman–Crippen MR) is 258 cm³/mol. The van der Waals surface area contributed by atoms with E-state index in [4.69, 9.17) is 8.94 Å². The van der Waals surface area contributed by atoms with Gasteiger partial charge in [-0.15, -0.1) is 20.4 Å². The summed E-state index contributed by atoms with van der Waals surface area (Å²) in [5.41, 5.74) is 1.05. The summed E-state index contributed by atoms with van der Waals surface area (Å²) in [5.74, 6) is 3.65. The summed E-state index contributed by atoms with van der Waals surface area (Å²) < 4.78 is 23.4. The fraction of sp³-hybridized carbons (Fsp3) is 0.667. The molecule has 7 aromatic rings. The topological polar surface area (TPSA) is 345 Å². The molecule has 0 saturated heterocycles. The van der Waals surface area contributed by atoms with E-state index in [2.05, 4.69) is 90.2 Å². The molecule has 0 atom stereocenters. The summed E-state index contributed by atoms with van der Waals surface area (Å²) in [6, 6.07) is 3.06. The number of nitrogens with one attached hydrogen (secondary N) is 6. The molecule has 7 heterocycles. The van der Waals surface area contributed by atoms with Crippen molar-refractivity contribution < 1.29 is 22.5 Å². The first-order valence-corrected chi connectivity index (χ1v) is 22.1. The first-order chi connectivity index (χ1) is 31.1. The van der Waals surface area contributed by atoms with Gasteiger partial charge in [-0.25, -0.2) is 19.5 Å². The minimum atomic E-state index is -0.495. The van der Waals surface area contributed by atoms with Crippen LogP contribution in [-0.4, -0.2) is 76.6 Å². The van der Waals surface area contributed by atoms with Crippen molar-refractivity contribution in [3.05, 3.63) is 106 Å². The Bertz CT molecular complexity index is 2450. The summed E-state index contributed by atoms with van der Waals surface area (Å²) in [4.78, 5) is 51.2. The molecule has 386 valence electrons. The number of aryl methyl sites for hydroxylation is 2. The zero-order valence-corrected chi connectivity index (χ0v) is 44.9. The number of rotatable bonds is 0. The van der Waals surface area contributed by atoms with Crippen molar-refractivity contribution in [3.63, 3.8) is 0 Å². The van der Waals surface area contributed by atoms with E-state index in [9.17, 15) is 19.2 Å². The monoisotopic (exact) mass is 972 g/mol. The van der Waals surface area contributed by atoms with E-state index in [0.29, 0.717) is 35.1 Å². The van der Waals surface area contributed by atoms with Crippen LogP contribution in [0.1, 0.15) is 198 Å². The number of H-pyrrole nitrogens is 6. The molecule has 7 rings (SSSR count). The summed E-state index contributed by atoms with van der Waals surface area (Å²) in [6.07, 6.45) is 0. The summed E-state index contributed by atoms with van der Waals surface area (Å²) in [5, 5.41) is 39.8. The highest BCUT2D eigenvalue weighted by Gasteiger charge is 2.23. The molecule has 24 nitrogen and oxygen atoms in total. The fourth-order valence-corrected chi connectivity index (χ4v) is 4.18. The molecule has 0 amide bonds. The molecule has 7 aromatic heterocycles. The number of aromatic amines is 6. The molecule has 0 aliphatic rings. The largest absolute Gasteiger partial charge is 0.438 e. The molecule has 0 fully saturated rings. The van der Waals surface area contributed by atoms with Crippen molar-refractivity contribution in [1.82, 2.24) is 76.6 Å². The van der Waals surface area contributed by atoms with Crippen LogP contribution in [0.15, 0.2) is 53.8 Å². The van der Waals surface area contributed by atoms with Gasteiger partial charge in [0, 0.05) is 62.7 Å². The highest BCUT2D eigenvalue weighted by atomic mass is 16.5. The molecule has 6 N–H and O–H groups in total. The maximum atomic E-state index is 10.7.